The number of benzene rings is 2. The molecule has 0 saturated carbocycles. The van der Waals surface area contributed by atoms with Crippen LogP contribution in [-0.4, -0.2) is 59.9 Å². The molecule has 14 nitrogen and oxygen atoms in total. The van der Waals surface area contributed by atoms with Gasteiger partial charge in [0.15, 0.2) is 17.7 Å². The number of amides is 2. The van der Waals surface area contributed by atoms with Gasteiger partial charge in [0.05, 0.1) is 36.5 Å². The van der Waals surface area contributed by atoms with Gasteiger partial charge in [0.1, 0.15) is 12.4 Å². The summed E-state index contributed by atoms with van der Waals surface area (Å²) >= 11 is 0. The third-order valence-corrected chi connectivity index (χ3v) is 5.32. The minimum absolute atomic E-state index is 0.0784. The van der Waals surface area contributed by atoms with Crippen molar-refractivity contribution >= 4 is 23.9 Å². The summed E-state index contributed by atoms with van der Waals surface area (Å²) in [4.78, 5) is 34.7. The Bertz CT molecular complexity index is 1280. The number of hydrogen-bond donors (Lipinski definition) is 5. The number of rotatable bonds is 11. The van der Waals surface area contributed by atoms with Crippen LogP contribution in [0.2, 0.25) is 0 Å². The number of methoxy groups -OCH3 is 1. The van der Waals surface area contributed by atoms with Crippen LogP contribution >= 0.6 is 0 Å². The number of aliphatic hydroxyl groups is 1. The van der Waals surface area contributed by atoms with Crippen molar-refractivity contribution in [3.05, 3.63) is 68.9 Å². The van der Waals surface area contributed by atoms with E-state index < -0.39 is 29.2 Å². The zero-order chi connectivity index (χ0) is 27.8. The molecule has 2 amide bonds. The molecule has 2 aromatic rings. The van der Waals surface area contributed by atoms with E-state index in [0.29, 0.717) is 17.0 Å². The Hall–Kier alpha value is -4.85. The summed E-state index contributed by atoms with van der Waals surface area (Å²) in [6.45, 7) is 3.38. The number of hydrogen-bond acceptors (Lipinski definition) is 11. The van der Waals surface area contributed by atoms with Crippen molar-refractivity contribution in [2.75, 3.05) is 20.3 Å². The van der Waals surface area contributed by atoms with Crippen molar-refractivity contribution < 1.29 is 38.9 Å². The van der Waals surface area contributed by atoms with Crippen LogP contribution in [0, 0.1) is 10.1 Å². The largest absolute Gasteiger partial charge is 0.507 e. The number of esters is 1. The SMILES string of the molecule is CCOc1cc([C@@H]2NC(=O)NC(C)=C2C(=O)OC)ccc1OC[C@H](O)N/N=C/c1cc([N+](=O)[O-])ccc1O. The van der Waals surface area contributed by atoms with Crippen molar-refractivity contribution in [1.82, 2.24) is 16.1 Å². The molecular weight excluding hydrogens is 502 g/mol. The number of carbonyl (C=O) groups is 2. The van der Waals surface area contributed by atoms with E-state index in [1.165, 1.54) is 13.2 Å². The van der Waals surface area contributed by atoms with Crippen molar-refractivity contribution in [3.63, 3.8) is 0 Å². The van der Waals surface area contributed by atoms with Crippen LogP contribution in [0.1, 0.15) is 31.0 Å². The van der Waals surface area contributed by atoms with Gasteiger partial charge >= 0.3 is 12.0 Å². The highest BCUT2D eigenvalue weighted by Gasteiger charge is 2.32. The Morgan fingerprint density at radius 3 is 2.71 bits per heavy atom. The van der Waals surface area contributed by atoms with Crippen molar-refractivity contribution in [2.45, 2.75) is 26.1 Å². The number of nitro groups is 1. The molecule has 1 aliphatic heterocycles. The minimum Gasteiger partial charge on any atom is -0.507 e. The first-order valence-corrected chi connectivity index (χ1v) is 11.3. The molecular formula is C24H27N5O9. The fraction of sp³-hybridized carbons (Fsp3) is 0.292. The second kappa shape index (κ2) is 12.4. The number of allylic oxidation sites excluding steroid dienone is 1. The van der Waals surface area contributed by atoms with E-state index in [1.54, 1.807) is 32.0 Å². The van der Waals surface area contributed by atoms with Gasteiger partial charge in [-0.3, -0.25) is 15.5 Å². The third-order valence-electron chi connectivity index (χ3n) is 5.32. The van der Waals surface area contributed by atoms with Crippen LogP contribution in [0.4, 0.5) is 10.5 Å². The zero-order valence-electron chi connectivity index (χ0n) is 20.8. The Kier molecular flexibility index (Phi) is 9.05. The Morgan fingerprint density at radius 1 is 1.26 bits per heavy atom. The monoisotopic (exact) mass is 529 g/mol. The molecule has 2 atom stereocenters. The first-order valence-electron chi connectivity index (χ1n) is 11.3. The minimum atomic E-state index is -1.29. The van der Waals surface area contributed by atoms with Crippen molar-refractivity contribution in [3.8, 4) is 17.2 Å². The number of non-ortho nitro benzene ring substituents is 1. The molecule has 38 heavy (non-hydrogen) atoms. The fourth-order valence-electron chi connectivity index (χ4n) is 3.57. The maximum absolute atomic E-state index is 12.3. The molecule has 1 heterocycles. The number of phenols is 1. The lowest BCUT2D eigenvalue weighted by molar-refractivity contribution is -0.384. The van der Waals surface area contributed by atoms with Crippen LogP contribution in [0.25, 0.3) is 0 Å². The molecule has 0 spiro atoms. The van der Waals surface area contributed by atoms with E-state index in [2.05, 4.69) is 21.2 Å². The summed E-state index contributed by atoms with van der Waals surface area (Å²) in [5.74, 6) is -0.251. The second-order valence-electron chi connectivity index (χ2n) is 7.92. The van der Waals surface area contributed by atoms with Gasteiger partial charge in [-0.2, -0.15) is 5.10 Å². The average molecular weight is 530 g/mol. The van der Waals surface area contributed by atoms with Gasteiger partial charge < -0.3 is 35.1 Å². The molecule has 5 N–H and O–H groups in total. The van der Waals surface area contributed by atoms with E-state index in [0.717, 1.165) is 18.3 Å². The normalized spacial score (nSPS) is 15.9. The second-order valence-corrected chi connectivity index (χ2v) is 7.92. The number of ether oxygens (including phenoxy) is 3. The highest BCUT2D eigenvalue weighted by atomic mass is 16.6. The number of aromatic hydroxyl groups is 1. The lowest BCUT2D eigenvalue weighted by Crippen LogP contribution is -2.45. The van der Waals surface area contributed by atoms with Gasteiger partial charge in [0.25, 0.3) is 5.69 Å². The van der Waals surface area contributed by atoms with E-state index in [4.69, 9.17) is 14.2 Å². The summed E-state index contributed by atoms with van der Waals surface area (Å²) in [6, 6.07) is 6.97. The van der Waals surface area contributed by atoms with Crippen LogP contribution in [-0.2, 0) is 9.53 Å². The van der Waals surface area contributed by atoms with Crippen LogP contribution < -0.4 is 25.5 Å². The van der Waals surface area contributed by atoms with Gasteiger partial charge in [0.2, 0.25) is 0 Å². The molecule has 1 aliphatic rings. The third kappa shape index (κ3) is 6.67. The molecule has 0 saturated heterocycles. The molecule has 0 bridgehead atoms. The van der Waals surface area contributed by atoms with E-state index >= 15 is 0 Å². The number of carbonyl (C=O) groups excluding carboxylic acids is 2. The summed E-state index contributed by atoms with van der Waals surface area (Å²) in [5.41, 5.74) is 3.37. The summed E-state index contributed by atoms with van der Waals surface area (Å²) in [5, 5.41) is 39.9. The van der Waals surface area contributed by atoms with Gasteiger partial charge in [0, 0.05) is 23.4 Å². The molecule has 0 aromatic heterocycles. The van der Waals surface area contributed by atoms with E-state index in [1.807, 2.05) is 0 Å². The Morgan fingerprint density at radius 2 is 2.03 bits per heavy atom. The highest BCUT2D eigenvalue weighted by molar-refractivity contribution is 5.95. The number of phenolic OH excluding ortho intramolecular Hbond substituents is 1. The lowest BCUT2D eigenvalue weighted by Gasteiger charge is -2.28. The standard InChI is InChI=1S/C24H27N5O9/c1-4-37-19-10-14(22-21(23(32)36-3)13(2)26-24(33)27-22)5-8-18(19)38-12-20(31)28-25-11-15-9-16(29(34)35)6-7-17(15)30/h5-11,20,22,28,30-31H,4,12H2,1-3H3,(H2,26,27,33)/b25-11+/t20-,22-/m0/s1. The number of nitrogens with one attached hydrogen (secondary N) is 3. The molecule has 202 valence electrons. The number of nitrogens with zero attached hydrogens (tertiary/aromatic N) is 2. The summed E-state index contributed by atoms with van der Waals surface area (Å²) in [6.07, 6.45) is -0.172. The maximum atomic E-state index is 12.3. The predicted octanol–water partition coefficient (Wildman–Crippen LogP) is 1.82. The van der Waals surface area contributed by atoms with Crippen LogP contribution in [0.3, 0.4) is 0 Å². The van der Waals surface area contributed by atoms with Gasteiger partial charge in [-0.15, -0.1) is 0 Å². The molecule has 0 unspecified atom stereocenters. The first-order chi connectivity index (χ1) is 18.1. The Labute approximate surface area is 217 Å². The van der Waals surface area contributed by atoms with E-state index in [-0.39, 0.29) is 41.5 Å². The zero-order valence-corrected chi connectivity index (χ0v) is 20.8. The molecule has 14 heteroatoms. The van der Waals surface area contributed by atoms with Crippen molar-refractivity contribution in [2.24, 2.45) is 5.10 Å². The van der Waals surface area contributed by atoms with Crippen LogP contribution in [0.5, 0.6) is 17.2 Å². The van der Waals surface area contributed by atoms with Crippen molar-refractivity contribution in [1.29, 1.82) is 0 Å². The quantitative estimate of drug-likeness (QED) is 0.0942. The number of aliphatic hydroxyl groups excluding tert-OH is 1. The molecule has 0 aliphatic carbocycles. The maximum Gasteiger partial charge on any atom is 0.337 e. The van der Waals surface area contributed by atoms with Gasteiger partial charge in [-0.25, -0.2) is 9.59 Å². The smallest absolute Gasteiger partial charge is 0.337 e. The number of urea groups is 1. The molecule has 0 fully saturated rings. The lowest BCUT2D eigenvalue weighted by atomic mass is 9.95. The van der Waals surface area contributed by atoms with Gasteiger partial charge in [-0.05, 0) is 37.6 Å². The number of hydrazone groups is 1. The molecule has 0 radical (unpaired) electrons. The average Bonchev–Trinajstić information content (AvgIpc) is 2.88. The summed E-state index contributed by atoms with van der Waals surface area (Å²) in [7, 11) is 1.24. The topological polar surface area (TPSA) is 194 Å². The predicted molar refractivity (Wildman–Crippen MR) is 134 cm³/mol. The fourth-order valence-corrected chi connectivity index (χ4v) is 3.57. The van der Waals surface area contributed by atoms with Crippen LogP contribution in [0.15, 0.2) is 52.8 Å². The number of nitro benzene ring substituents is 1. The van der Waals surface area contributed by atoms with E-state index in [9.17, 15) is 29.9 Å². The van der Waals surface area contributed by atoms with Gasteiger partial charge in [-0.1, -0.05) is 6.07 Å². The molecule has 3 rings (SSSR count). The summed E-state index contributed by atoms with van der Waals surface area (Å²) < 4.78 is 16.2. The first kappa shape index (κ1) is 27.7. The molecule has 2 aromatic carbocycles. The highest BCUT2D eigenvalue weighted by Crippen LogP contribution is 2.35. The Balaban J connectivity index is 1.71.